The lowest BCUT2D eigenvalue weighted by Crippen LogP contribution is -2.61. The molecule has 2 aromatic rings. The number of unbranched alkanes of at least 4 members (excludes halogenated alkanes) is 1. The summed E-state index contributed by atoms with van der Waals surface area (Å²) in [5, 5.41) is 1.01. The van der Waals surface area contributed by atoms with Crippen molar-refractivity contribution in [1.29, 1.82) is 0 Å². The van der Waals surface area contributed by atoms with E-state index in [-0.39, 0.29) is 29.5 Å². The van der Waals surface area contributed by atoms with Crippen molar-refractivity contribution in [3.8, 4) is 0 Å². The van der Waals surface area contributed by atoms with Gasteiger partial charge in [-0.3, -0.25) is 9.78 Å². The summed E-state index contributed by atoms with van der Waals surface area (Å²) in [7, 11) is 0. The second kappa shape index (κ2) is 7.04. The molecule has 0 bridgehead atoms. The molecule has 3 rings (SSSR count). The minimum absolute atomic E-state index is 0. The number of nitrogens with one attached hydrogen (secondary N) is 1. The molecule has 23 heavy (non-hydrogen) atoms. The van der Waals surface area contributed by atoms with Crippen molar-refractivity contribution in [3.63, 3.8) is 0 Å². The van der Waals surface area contributed by atoms with E-state index in [1.165, 1.54) is 0 Å². The number of carbonyl (C=O) groups excluding carboxylic acids is 1. The van der Waals surface area contributed by atoms with Crippen LogP contribution in [0.1, 0.15) is 19.8 Å². The van der Waals surface area contributed by atoms with Gasteiger partial charge in [0.1, 0.15) is 6.54 Å². The van der Waals surface area contributed by atoms with E-state index in [1.54, 1.807) is 12.5 Å². The molecule has 6 nitrogen and oxygen atoms in total. The van der Waals surface area contributed by atoms with Gasteiger partial charge in [-0.05, 0) is 18.6 Å². The van der Waals surface area contributed by atoms with Crippen LogP contribution in [0, 0.1) is 0 Å². The number of fused-ring (bicyclic) bond motifs is 3. The first kappa shape index (κ1) is 17.3. The van der Waals surface area contributed by atoms with Crippen molar-refractivity contribution in [2.45, 2.75) is 19.8 Å². The monoisotopic (exact) mass is 334 g/mol. The molecule has 0 saturated heterocycles. The third kappa shape index (κ3) is 3.06. The van der Waals surface area contributed by atoms with Crippen LogP contribution in [0.15, 0.2) is 35.5 Å². The number of hydrogen-bond acceptors (Lipinski definition) is 4. The van der Waals surface area contributed by atoms with E-state index in [0.717, 1.165) is 41.7 Å². The van der Waals surface area contributed by atoms with Gasteiger partial charge in [0, 0.05) is 0 Å². The topological polar surface area (TPSA) is 80.4 Å². The fraction of sp³-hybridized carbons (Fsp3) is 0.312. The fourth-order valence-electron chi connectivity index (χ4n) is 2.83. The minimum Gasteiger partial charge on any atom is -0.322 e. The number of amides is 1. The van der Waals surface area contributed by atoms with Gasteiger partial charge in [-0.2, -0.15) is 10.4 Å². The van der Waals surface area contributed by atoms with Crippen molar-refractivity contribution in [1.82, 2.24) is 15.0 Å². The zero-order valence-electron chi connectivity index (χ0n) is 13.0. The number of rotatable bonds is 5. The summed E-state index contributed by atoms with van der Waals surface area (Å²) in [6, 6.07) is 7.91. The highest BCUT2D eigenvalue weighted by Gasteiger charge is 2.40. The molecule has 1 aliphatic heterocycles. The number of hydrogen-bond donors (Lipinski definition) is 2. The summed E-state index contributed by atoms with van der Waals surface area (Å²) >= 11 is 0. The number of halogens is 1. The first-order valence-corrected chi connectivity index (χ1v) is 7.52. The van der Waals surface area contributed by atoms with Crippen LogP contribution in [-0.2, 0) is 4.79 Å². The highest BCUT2D eigenvalue weighted by atomic mass is 35.5. The first-order valence-electron chi connectivity index (χ1n) is 7.52. The number of benzene rings is 1. The molecule has 1 unspecified atom stereocenters. The predicted octanol–water partition coefficient (Wildman–Crippen LogP) is 2.43. The molecular formula is C16H21ClN5O+. The zero-order valence-corrected chi connectivity index (χ0v) is 13.8. The average molecular weight is 335 g/mol. The number of nitrogens with zero attached hydrogens (tertiary/aromatic N) is 3. The first-order chi connectivity index (χ1) is 10.7. The Kier molecular flexibility index (Phi) is 5.30. The summed E-state index contributed by atoms with van der Waals surface area (Å²) in [5.74, 6) is -0.198. The molecule has 1 aromatic heterocycles. The van der Waals surface area contributed by atoms with Gasteiger partial charge >= 0.3 is 0 Å². The Morgan fingerprint density at radius 3 is 2.87 bits per heavy atom. The fourth-order valence-corrected chi connectivity index (χ4v) is 2.83. The van der Waals surface area contributed by atoms with Crippen LogP contribution in [0.25, 0.3) is 10.9 Å². The molecule has 1 aliphatic rings. The largest absolute Gasteiger partial charge is 0.322 e. The number of nitrogens with two attached hydrogens (primary N) is 1. The molecule has 0 saturated carbocycles. The molecule has 3 N–H and O–H groups in total. The van der Waals surface area contributed by atoms with Crippen LogP contribution in [0.4, 0.5) is 11.4 Å². The Morgan fingerprint density at radius 2 is 2.13 bits per heavy atom. The second-order valence-corrected chi connectivity index (χ2v) is 5.44. The molecule has 1 atom stereocenters. The van der Waals surface area contributed by atoms with E-state index in [1.807, 2.05) is 24.3 Å². The Bertz CT molecular complexity index is 748. The lowest BCUT2D eigenvalue weighted by Gasteiger charge is -2.30. The van der Waals surface area contributed by atoms with Gasteiger partial charge in [0.05, 0.1) is 23.6 Å². The normalized spacial score (nSPS) is 18.5. The standard InChI is InChI=1S/C16H19N5O.ClH/c1-2-3-8-21(20-15(22)9-17)11-19-14-10-18-13-7-5-4-6-12(13)16(14)21;/h4-7,10-11H,2-3,8-9,17H2,1H3;1H/p+1. The molecule has 0 radical (unpaired) electrons. The van der Waals surface area contributed by atoms with Crippen molar-refractivity contribution in [2.24, 2.45) is 10.7 Å². The number of aliphatic imine (C=N–C) groups is 1. The Balaban J connectivity index is 0.00000192. The molecular weight excluding hydrogens is 314 g/mol. The molecule has 122 valence electrons. The second-order valence-electron chi connectivity index (χ2n) is 5.44. The Morgan fingerprint density at radius 1 is 1.35 bits per heavy atom. The molecule has 1 amide bonds. The van der Waals surface area contributed by atoms with Crippen LogP contribution >= 0.6 is 12.4 Å². The van der Waals surface area contributed by atoms with Crippen LogP contribution in [0.2, 0.25) is 0 Å². The zero-order chi connectivity index (χ0) is 15.6. The van der Waals surface area contributed by atoms with E-state index >= 15 is 0 Å². The lowest BCUT2D eigenvalue weighted by molar-refractivity contribution is -0.122. The molecule has 0 fully saturated rings. The molecule has 0 spiro atoms. The van der Waals surface area contributed by atoms with Crippen LogP contribution < -0.4 is 15.8 Å². The summed E-state index contributed by atoms with van der Waals surface area (Å²) in [4.78, 5) is 20.9. The van der Waals surface area contributed by atoms with E-state index in [9.17, 15) is 4.79 Å². The van der Waals surface area contributed by atoms with Crippen molar-refractivity contribution < 1.29 is 4.79 Å². The van der Waals surface area contributed by atoms with Crippen molar-refractivity contribution >= 4 is 46.9 Å². The maximum absolute atomic E-state index is 12.0. The summed E-state index contributed by atoms with van der Waals surface area (Å²) in [6.45, 7) is 2.82. The van der Waals surface area contributed by atoms with Crippen LogP contribution in [0.5, 0.6) is 0 Å². The highest BCUT2D eigenvalue weighted by Crippen LogP contribution is 2.41. The highest BCUT2D eigenvalue weighted by molar-refractivity contribution is 6.04. The van der Waals surface area contributed by atoms with Gasteiger partial charge in [0.15, 0.2) is 5.69 Å². The van der Waals surface area contributed by atoms with Crippen molar-refractivity contribution in [2.75, 3.05) is 13.1 Å². The number of aromatic nitrogens is 1. The smallest absolute Gasteiger partial charge is 0.279 e. The van der Waals surface area contributed by atoms with E-state index in [2.05, 4.69) is 22.3 Å². The van der Waals surface area contributed by atoms with Gasteiger partial charge in [-0.25, -0.2) is 0 Å². The van der Waals surface area contributed by atoms with Gasteiger partial charge < -0.3 is 5.73 Å². The summed E-state index contributed by atoms with van der Waals surface area (Å²) in [5.41, 5.74) is 11.2. The maximum atomic E-state index is 12.0. The molecule has 1 aromatic carbocycles. The predicted molar refractivity (Wildman–Crippen MR) is 95.9 cm³/mol. The Hall–Kier alpha value is -2.02. The Labute approximate surface area is 141 Å². The maximum Gasteiger partial charge on any atom is 0.279 e. The van der Waals surface area contributed by atoms with E-state index in [4.69, 9.17) is 5.73 Å². The summed E-state index contributed by atoms with van der Waals surface area (Å²) in [6.07, 6.45) is 5.54. The van der Waals surface area contributed by atoms with Crippen LogP contribution in [0.3, 0.4) is 0 Å². The number of para-hydroxylation sites is 1. The number of carbonyl (C=O) groups is 1. The van der Waals surface area contributed by atoms with Crippen LogP contribution in [-0.4, -0.2) is 30.3 Å². The van der Waals surface area contributed by atoms with Gasteiger partial charge in [-0.1, -0.05) is 25.5 Å². The van der Waals surface area contributed by atoms with E-state index in [0.29, 0.717) is 0 Å². The third-order valence-electron chi connectivity index (χ3n) is 3.89. The average Bonchev–Trinajstić information content (AvgIpc) is 2.92. The van der Waals surface area contributed by atoms with Gasteiger partial charge in [0.2, 0.25) is 12.0 Å². The summed E-state index contributed by atoms with van der Waals surface area (Å²) < 4.78 is 0.211. The lowest BCUT2D eigenvalue weighted by atomic mass is 10.1. The molecule has 2 heterocycles. The van der Waals surface area contributed by atoms with E-state index < -0.39 is 0 Å². The van der Waals surface area contributed by atoms with Gasteiger partial charge in [0.25, 0.3) is 5.91 Å². The number of pyridine rings is 1. The quantitative estimate of drug-likeness (QED) is 0.824. The third-order valence-corrected chi connectivity index (χ3v) is 3.89. The molecule has 0 aliphatic carbocycles. The SMILES string of the molecule is CCCC[N+]1(NC(=O)CN)C=Nc2cnc3ccccc3c21.Cl. The van der Waals surface area contributed by atoms with Crippen molar-refractivity contribution in [3.05, 3.63) is 30.5 Å². The number of quaternary nitrogens is 1. The minimum atomic E-state index is -0.198. The van der Waals surface area contributed by atoms with Gasteiger partial charge in [-0.15, -0.1) is 17.0 Å². The molecule has 7 heteroatoms.